The minimum atomic E-state index is -4.32. The second kappa shape index (κ2) is 10.9. The van der Waals surface area contributed by atoms with Crippen LogP contribution >= 0.6 is 0 Å². The maximum Gasteiger partial charge on any atom is 0.319 e. The summed E-state index contributed by atoms with van der Waals surface area (Å²) in [4.78, 5) is 35.6. The van der Waals surface area contributed by atoms with E-state index in [1.165, 1.54) is 18.2 Å². The number of ether oxygens (including phenoxy) is 2. The molecule has 0 radical (unpaired) electrons. The molecule has 1 atom stereocenters. The largest absolute Gasteiger partial charge is 0.460 e. The number of rotatable bonds is 9. The molecule has 9 nitrogen and oxygen atoms in total. The average molecular weight is 500 g/mol. The van der Waals surface area contributed by atoms with E-state index < -0.39 is 43.7 Å². The molecule has 10 heteroatoms. The van der Waals surface area contributed by atoms with E-state index in [4.69, 9.17) is 9.47 Å². The normalized spacial score (nSPS) is 13.7. The first-order valence-electron chi connectivity index (χ1n) is 10.9. The van der Waals surface area contributed by atoms with Crippen molar-refractivity contribution in [2.24, 2.45) is 10.8 Å². The Balaban J connectivity index is 3.49. The molecule has 192 valence electrons. The first kappa shape index (κ1) is 29.6. The summed E-state index contributed by atoms with van der Waals surface area (Å²) in [5.41, 5.74) is -1.40. The lowest BCUT2D eigenvalue weighted by Gasteiger charge is -2.25. The quantitative estimate of drug-likeness (QED) is 0.234. The van der Waals surface area contributed by atoms with Gasteiger partial charge in [0.1, 0.15) is 17.6 Å². The Bertz CT molecular complexity index is 995. The van der Waals surface area contributed by atoms with Gasteiger partial charge in [-0.05, 0) is 80.0 Å². The van der Waals surface area contributed by atoms with Crippen molar-refractivity contribution < 1.29 is 36.5 Å². The van der Waals surface area contributed by atoms with Crippen LogP contribution in [0, 0.1) is 10.8 Å². The van der Waals surface area contributed by atoms with E-state index in [0.717, 1.165) is 0 Å². The Labute approximate surface area is 202 Å². The molecule has 0 fully saturated rings. The molecular weight excluding hydrogens is 462 g/mol. The molecule has 0 bridgehead atoms. The summed E-state index contributed by atoms with van der Waals surface area (Å²) < 4.78 is 40.7. The number of hydrogen-bond acceptors (Lipinski definition) is 9. The average Bonchev–Trinajstić information content (AvgIpc) is 2.64. The lowest BCUT2D eigenvalue weighted by Crippen LogP contribution is -2.40. The van der Waals surface area contributed by atoms with Gasteiger partial charge in [0.15, 0.2) is 0 Å². The second-order valence-electron chi connectivity index (χ2n) is 11.1. The Kier molecular flexibility index (Phi) is 9.44. The van der Waals surface area contributed by atoms with Crippen LogP contribution in [0.5, 0.6) is 5.75 Å². The number of carbonyl (C=O) groups excluding carboxylic acids is 3. The van der Waals surface area contributed by atoms with E-state index in [2.05, 4.69) is 9.50 Å². The topological polar surface area (TPSA) is 125 Å². The van der Waals surface area contributed by atoms with Gasteiger partial charge in [-0.3, -0.25) is 14.4 Å². The highest BCUT2D eigenvalue weighted by Gasteiger charge is 2.32. The molecule has 0 heterocycles. The van der Waals surface area contributed by atoms with Crippen molar-refractivity contribution in [3.8, 4) is 5.75 Å². The lowest BCUT2D eigenvalue weighted by atomic mass is 9.97. The number of esters is 2. The third kappa shape index (κ3) is 9.06. The molecule has 1 N–H and O–H groups in total. The van der Waals surface area contributed by atoms with Crippen LogP contribution in [-0.2, 0) is 40.0 Å². The van der Waals surface area contributed by atoms with Crippen LogP contribution in [0.15, 0.2) is 18.2 Å². The fourth-order valence-electron chi connectivity index (χ4n) is 2.53. The second-order valence-corrected chi connectivity index (χ2v) is 12.9. The van der Waals surface area contributed by atoms with Crippen LogP contribution in [0.2, 0.25) is 0 Å². The predicted octanol–water partition coefficient (Wildman–Crippen LogP) is 3.66. The molecule has 1 rings (SSSR count). The molecule has 0 amide bonds. The Morgan fingerprint density at radius 1 is 0.971 bits per heavy atom. The van der Waals surface area contributed by atoms with Crippen LogP contribution in [0.4, 0.5) is 0 Å². The summed E-state index contributed by atoms with van der Waals surface area (Å²) in [6, 6.07) is 4.39. The summed E-state index contributed by atoms with van der Waals surface area (Å²) >= 11 is 0. The molecular formula is C24H37NO8S. The van der Waals surface area contributed by atoms with E-state index in [1.54, 1.807) is 41.5 Å². The smallest absolute Gasteiger partial charge is 0.319 e. The molecule has 0 aliphatic carbocycles. The maximum atomic E-state index is 12.7. The molecule has 0 saturated heterocycles. The number of hydrogen-bond donors (Lipinski definition) is 1. The van der Waals surface area contributed by atoms with Crippen molar-refractivity contribution in [2.75, 3.05) is 6.54 Å². The van der Waals surface area contributed by atoms with Gasteiger partial charge < -0.3 is 19.0 Å². The first-order valence-corrected chi connectivity index (χ1v) is 12.4. The Hall–Kier alpha value is -2.46. The highest BCUT2D eigenvalue weighted by molar-refractivity contribution is 7.87. The maximum absolute atomic E-state index is 12.7. The summed E-state index contributed by atoms with van der Waals surface area (Å²) in [5.74, 6) is -0.845. The van der Waals surface area contributed by atoms with Crippen LogP contribution in [-0.4, -0.2) is 38.9 Å². The van der Waals surface area contributed by atoms with Crippen LogP contribution in [0.25, 0.3) is 0 Å². The summed E-state index contributed by atoms with van der Waals surface area (Å²) in [6.45, 7) is 15.3. The fraction of sp³-hybridized carbons (Fsp3) is 0.625. The summed E-state index contributed by atoms with van der Waals surface area (Å²) in [5, 5.41) is 1.85. The Morgan fingerprint density at radius 2 is 1.53 bits per heavy atom. The van der Waals surface area contributed by atoms with Gasteiger partial charge in [-0.2, -0.15) is 8.42 Å². The number of benzene rings is 1. The minimum absolute atomic E-state index is 0.0536. The van der Waals surface area contributed by atoms with E-state index in [9.17, 15) is 22.8 Å². The highest BCUT2D eigenvalue weighted by atomic mass is 32.2. The van der Waals surface area contributed by atoms with Gasteiger partial charge in [0.25, 0.3) is 0 Å². The van der Waals surface area contributed by atoms with E-state index >= 15 is 0 Å². The van der Waals surface area contributed by atoms with Crippen molar-refractivity contribution in [1.82, 2.24) is 5.32 Å². The van der Waals surface area contributed by atoms with Gasteiger partial charge in [0, 0.05) is 17.6 Å². The lowest BCUT2D eigenvalue weighted by molar-refractivity contribution is -0.154. The van der Waals surface area contributed by atoms with Crippen LogP contribution in [0.1, 0.15) is 78.7 Å². The van der Waals surface area contributed by atoms with Gasteiger partial charge in [-0.15, -0.1) is 0 Å². The molecule has 34 heavy (non-hydrogen) atoms. The van der Waals surface area contributed by atoms with Crippen molar-refractivity contribution in [3.63, 3.8) is 0 Å². The molecule has 0 spiro atoms. The zero-order valence-corrected chi connectivity index (χ0v) is 22.3. The van der Waals surface area contributed by atoms with Crippen molar-refractivity contribution in [3.05, 3.63) is 29.3 Å². The predicted molar refractivity (Wildman–Crippen MR) is 127 cm³/mol. The molecule has 0 aliphatic rings. The zero-order valence-electron chi connectivity index (χ0n) is 21.5. The van der Waals surface area contributed by atoms with Gasteiger partial charge in [0.2, 0.25) is 0 Å². The van der Waals surface area contributed by atoms with Gasteiger partial charge in [0.05, 0.1) is 10.8 Å². The Morgan fingerprint density at radius 3 is 2.00 bits per heavy atom. The van der Waals surface area contributed by atoms with E-state index in [-0.39, 0.29) is 30.9 Å². The third-order valence-electron chi connectivity index (χ3n) is 4.58. The SMILES string of the molecule is CC(C)(C)NCC(c1ccc(OC(=O)C(C)(C)C)c(COC(=O)C(C)(C)C)c1)S(=O)(=O)OC=O. The number of nitrogens with one attached hydrogen (secondary N) is 1. The monoisotopic (exact) mass is 499 g/mol. The molecule has 1 aromatic carbocycles. The molecule has 1 unspecified atom stereocenters. The van der Waals surface area contributed by atoms with E-state index in [1.807, 2.05) is 20.8 Å². The van der Waals surface area contributed by atoms with Gasteiger partial charge in [-0.25, -0.2) is 0 Å². The molecule has 0 aliphatic heterocycles. The van der Waals surface area contributed by atoms with Crippen LogP contribution in [0.3, 0.4) is 0 Å². The van der Waals surface area contributed by atoms with Gasteiger partial charge >= 0.3 is 28.5 Å². The molecule has 0 saturated carbocycles. The van der Waals surface area contributed by atoms with E-state index in [0.29, 0.717) is 5.56 Å². The van der Waals surface area contributed by atoms with Crippen molar-refractivity contribution in [2.45, 2.75) is 79.7 Å². The molecule has 0 aromatic heterocycles. The highest BCUT2D eigenvalue weighted by Crippen LogP contribution is 2.31. The first-order chi connectivity index (χ1) is 15.3. The standard InChI is InChI=1S/C24H37NO8S/c1-22(2,3)20(27)31-14-17-12-16(10-11-18(17)33-21(28)23(4,5)6)19(13-25-24(7,8)9)34(29,30)32-15-26/h10-12,15,19,25H,13-14H2,1-9H3. The van der Waals surface area contributed by atoms with Crippen molar-refractivity contribution in [1.29, 1.82) is 0 Å². The third-order valence-corrected chi connectivity index (χ3v) is 6.06. The fourth-order valence-corrected chi connectivity index (χ4v) is 3.54. The van der Waals surface area contributed by atoms with Crippen LogP contribution < -0.4 is 10.1 Å². The van der Waals surface area contributed by atoms with Gasteiger partial charge in [-0.1, -0.05) is 6.07 Å². The summed E-state index contributed by atoms with van der Waals surface area (Å²) in [6.07, 6.45) is 0. The van der Waals surface area contributed by atoms with Crippen molar-refractivity contribution >= 4 is 28.5 Å². The molecule has 1 aromatic rings. The minimum Gasteiger partial charge on any atom is -0.460 e. The number of carbonyl (C=O) groups is 3. The summed E-state index contributed by atoms with van der Waals surface area (Å²) in [7, 11) is -4.32. The zero-order chi connectivity index (χ0) is 26.5.